The molecule has 0 aliphatic carbocycles. The number of amides is 2. The van der Waals surface area contributed by atoms with Crippen LogP contribution < -0.4 is 9.47 Å². The predicted molar refractivity (Wildman–Crippen MR) is 105 cm³/mol. The third-order valence-corrected chi connectivity index (χ3v) is 5.86. The van der Waals surface area contributed by atoms with Crippen molar-refractivity contribution in [2.75, 3.05) is 47.6 Å². The molecule has 1 unspecified atom stereocenters. The number of piperidine rings is 1. The van der Waals surface area contributed by atoms with Crippen LogP contribution in [0.5, 0.6) is 11.5 Å². The van der Waals surface area contributed by atoms with Crippen LogP contribution in [0.4, 0.5) is 0 Å². The van der Waals surface area contributed by atoms with Gasteiger partial charge in [0.2, 0.25) is 11.8 Å². The summed E-state index contributed by atoms with van der Waals surface area (Å²) in [6, 6.07) is 5.50. The normalized spacial score (nSPS) is 22.0. The van der Waals surface area contributed by atoms with Crippen molar-refractivity contribution in [3.63, 3.8) is 0 Å². The number of nitrogens with zero attached hydrogens (tertiary/aromatic N) is 2. The zero-order valence-corrected chi connectivity index (χ0v) is 17.0. The number of likely N-dealkylation sites (tertiary alicyclic amines) is 2. The van der Waals surface area contributed by atoms with Gasteiger partial charge in [-0.1, -0.05) is 6.07 Å². The lowest BCUT2D eigenvalue weighted by Crippen LogP contribution is -2.61. The lowest BCUT2D eigenvalue weighted by Gasteiger charge is -2.44. The van der Waals surface area contributed by atoms with Crippen molar-refractivity contribution < 1.29 is 23.8 Å². The topological polar surface area (TPSA) is 68.3 Å². The van der Waals surface area contributed by atoms with Crippen LogP contribution in [-0.2, 0) is 20.7 Å². The summed E-state index contributed by atoms with van der Waals surface area (Å²) < 4.78 is 15.7. The lowest BCUT2D eigenvalue weighted by molar-refractivity contribution is -0.155. The van der Waals surface area contributed by atoms with Gasteiger partial charge < -0.3 is 24.0 Å². The van der Waals surface area contributed by atoms with Crippen LogP contribution in [0, 0.1) is 0 Å². The smallest absolute Gasteiger partial charge is 0.248 e. The van der Waals surface area contributed by atoms with Gasteiger partial charge in [-0.25, -0.2) is 0 Å². The number of methoxy groups -OCH3 is 3. The van der Waals surface area contributed by atoms with Crippen LogP contribution in [0.2, 0.25) is 0 Å². The van der Waals surface area contributed by atoms with Crippen LogP contribution in [0.3, 0.4) is 0 Å². The second-order valence-electron chi connectivity index (χ2n) is 7.44. The zero-order valence-electron chi connectivity index (χ0n) is 17.0. The van der Waals surface area contributed by atoms with Crippen molar-refractivity contribution in [3.8, 4) is 11.5 Å². The molecule has 0 bridgehead atoms. The lowest BCUT2D eigenvalue weighted by atomic mass is 9.85. The molecule has 7 heteroatoms. The Morgan fingerprint density at radius 1 is 1.07 bits per heavy atom. The average molecular weight is 390 g/mol. The molecule has 154 valence electrons. The molecule has 7 nitrogen and oxygen atoms in total. The number of rotatable bonds is 7. The largest absolute Gasteiger partial charge is 0.493 e. The molecule has 2 saturated heterocycles. The number of carbonyl (C=O) groups excluding carboxylic acids is 2. The van der Waals surface area contributed by atoms with Gasteiger partial charge in [-0.3, -0.25) is 9.59 Å². The molecular formula is C21H30N2O5. The summed E-state index contributed by atoms with van der Waals surface area (Å²) in [5, 5.41) is 0. The van der Waals surface area contributed by atoms with Gasteiger partial charge >= 0.3 is 0 Å². The first-order chi connectivity index (χ1) is 13.6. The maximum atomic E-state index is 13.2. The second kappa shape index (κ2) is 8.82. The molecule has 1 aromatic carbocycles. The standard InChI is InChI=1S/C21H30N2O5/c1-26-13-12-22-10-4-8-21(20(22)25)9-5-11-23(21)19(24)15-16-6-7-17(27-2)18(14-16)28-3/h6-7,14H,4-5,8-13,15H2,1-3H3. The van der Waals surface area contributed by atoms with Crippen molar-refractivity contribution in [1.82, 2.24) is 9.80 Å². The van der Waals surface area contributed by atoms with Gasteiger partial charge in [0.25, 0.3) is 0 Å². The predicted octanol–water partition coefficient (Wildman–Crippen LogP) is 1.88. The van der Waals surface area contributed by atoms with E-state index >= 15 is 0 Å². The van der Waals surface area contributed by atoms with E-state index in [9.17, 15) is 9.59 Å². The number of hydrogen-bond acceptors (Lipinski definition) is 5. The average Bonchev–Trinajstić information content (AvgIpc) is 3.13. The van der Waals surface area contributed by atoms with Crippen LogP contribution in [0.25, 0.3) is 0 Å². The van der Waals surface area contributed by atoms with Crippen molar-refractivity contribution >= 4 is 11.8 Å². The molecule has 3 rings (SSSR count). The first kappa shape index (κ1) is 20.5. The quantitative estimate of drug-likeness (QED) is 0.711. The van der Waals surface area contributed by atoms with Crippen LogP contribution >= 0.6 is 0 Å². The van der Waals surface area contributed by atoms with Gasteiger partial charge in [-0.15, -0.1) is 0 Å². The number of carbonyl (C=O) groups is 2. The van der Waals surface area contributed by atoms with E-state index in [0.717, 1.165) is 37.8 Å². The fraction of sp³-hybridized carbons (Fsp3) is 0.619. The Hall–Kier alpha value is -2.28. The van der Waals surface area contributed by atoms with Crippen molar-refractivity contribution in [2.45, 2.75) is 37.6 Å². The van der Waals surface area contributed by atoms with Crippen LogP contribution in [0.15, 0.2) is 18.2 Å². The fourth-order valence-electron chi connectivity index (χ4n) is 4.46. The van der Waals surface area contributed by atoms with Crippen molar-refractivity contribution in [1.29, 1.82) is 0 Å². The van der Waals surface area contributed by atoms with E-state index in [2.05, 4.69) is 0 Å². The first-order valence-electron chi connectivity index (χ1n) is 9.85. The second-order valence-corrected chi connectivity index (χ2v) is 7.44. The summed E-state index contributed by atoms with van der Waals surface area (Å²) in [5.74, 6) is 1.30. The number of ether oxygens (including phenoxy) is 3. The molecule has 2 aliphatic rings. The molecule has 2 amide bonds. The van der Waals surface area contributed by atoms with E-state index < -0.39 is 5.54 Å². The maximum absolute atomic E-state index is 13.2. The summed E-state index contributed by atoms with van der Waals surface area (Å²) >= 11 is 0. The highest BCUT2D eigenvalue weighted by Gasteiger charge is 2.52. The SMILES string of the molecule is COCCN1CCCC2(CCCN2C(=O)Cc2ccc(OC)c(OC)c2)C1=O. The summed E-state index contributed by atoms with van der Waals surface area (Å²) in [4.78, 5) is 30.1. The van der Waals surface area contributed by atoms with E-state index in [1.807, 2.05) is 21.9 Å². The Balaban J connectivity index is 1.76. The Kier molecular flexibility index (Phi) is 6.44. The molecule has 2 heterocycles. The molecular weight excluding hydrogens is 360 g/mol. The van der Waals surface area contributed by atoms with Gasteiger partial charge in [-0.2, -0.15) is 0 Å². The molecule has 1 spiro atoms. The first-order valence-corrected chi connectivity index (χ1v) is 9.85. The fourth-order valence-corrected chi connectivity index (χ4v) is 4.46. The highest BCUT2D eigenvalue weighted by Crippen LogP contribution is 2.39. The molecule has 0 saturated carbocycles. The van der Waals surface area contributed by atoms with Crippen molar-refractivity contribution in [3.05, 3.63) is 23.8 Å². The summed E-state index contributed by atoms with van der Waals surface area (Å²) in [6.07, 6.45) is 3.50. The van der Waals surface area contributed by atoms with Gasteiger partial charge in [0, 0.05) is 26.7 Å². The molecule has 0 aromatic heterocycles. The summed E-state index contributed by atoms with van der Waals surface area (Å²) in [5.41, 5.74) is 0.170. The summed E-state index contributed by atoms with van der Waals surface area (Å²) in [7, 11) is 4.80. The minimum Gasteiger partial charge on any atom is -0.493 e. The number of hydrogen-bond donors (Lipinski definition) is 0. The van der Waals surface area contributed by atoms with Crippen LogP contribution in [-0.4, -0.2) is 74.7 Å². The van der Waals surface area contributed by atoms with E-state index in [0.29, 0.717) is 31.2 Å². The van der Waals surface area contributed by atoms with Crippen LogP contribution in [0.1, 0.15) is 31.2 Å². The Labute approximate surface area is 166 Å². The highest BCUT2D eigenvalue weighted by molar-refractivity contribution is 5.93. The molecule has 1 aromatic rings. The molecule has 1 atom stereocenters. The molecule has 2 aliphatic heterocycles. The minimum absolute atomic E-state index is 0.00772. The molecule has 2 fully saturated rings. The molecule has 0 N–H and O–H groups in total. The third-order valence-electron chi connectivity index (χ3n) is 5.86. The summed E-state index contributed by atoms with van der Waals surface area (Å²) in [6.45, 7) is 2.47. The van der Waals surface area contributed by atoms with E-state index in [-0.39, 0.29) is 18.2 Å². The van der Waals surface area contributed by atoms with E-state index in [1.165, 1.54) is 0 Å². The Bertz CT molecular complexity index is 723. The Morgan fingerprint density at radius 3 is 2.46 bits per heavy atom. The third kappa shape index (κ3) is 3.81. The van der Waals surface area contributed by atoms with E-state index in [4.69, 9.17) is 14.2 Å². The maximum Gasteiger partial charge on any atom is 0.248 e. The van der Waals surface area contributed by atoms with Gasteiger partial charge in [0.15, 0.2) is 11.5 Å². The van der Waals surface area contributed by atoms with E-state index in [1.54, 1.807) is 27.4 Å². The van der Waals surface area contributed by atoms with Gasteiger partial charge in [0.1, 0.15) is 5.54 Å². The van der Waals surface area contributed by atoms with Crippen molar-refractivity contribution in [2.24, 2.45) is 0 Å². The minimum atomic E-state index is -0.681. The molecule has 0 radical (unpaired) electrons. The number of benzene rings is 1. The van der Waals surface area contributed by atoms with Gasteiger partial charge in [-0.05, 0) is 43.4 Å². The van der Waals surface area contributed by atoms with Gasteiger partial charge in [0.05, 0.1) is 27.2 Å². The zero-order chi connectivity index (χ0) is 20.1. The molecule has 28 heavy (non-hydrogen) atoms. The highest BCUT2D eigenvalue weighted by atomic mass is 16.5. The monoisotopic (exact) mass is 390 g/mol. The Morgan fingerprint density at radius 2 is 1.79 bits per heavy atom.